The standard InChI is InChI=1S/C10H7ClF4N2S2/c11-5-3-8-7(4-6(5)12)16-9(18)17(8)1-2-19-10(13,14)15/h3-4H,1-2H2,(H,16,18). The van der Waals surface area contributed by atoms with Crippen LogP contribution >= 0.6 is 35.6 Å². The molecule has 19 heavy (non-hydrogen) atoms. The number of fused-ring (bicyclic) bond motifs is 1. The predicted molar refractivity (Wildman–Crippen MR) is 70.6 cm³/mol. The van der Waals surface area contributed by atoms with Crippen LogP contribution in [-0.2, 0) is 6.54 Å². The smallest absolute Gasteiger partial charge is 0.330 e. The van der Waals surface area contributed by atoms with Gasteiger partial charge < -0.3 is 9.55 Å². The van der Waals surface area contributed by atoms with E-state index in [0.29, 0.717) is 11.0 Å². The molecule has 1 N–H and O–H groups in total. The van der Waals surface area contributed by atoms with Crippen LogP contribution in [0.4, 0.5) is 17.6 Å². The number of nitrogens with one attached hydrogen (secondary N) is 1. The molecule has 0 bridgehead atoms. The van der Waals surface area contributed by atoms with Crippen molar-refractivity contribution in [1.29, 1.82) is 0 Å². The van der Waals surface area contributed by atoms with Crippen molar-refractivity contribution in [1.82, 2.24) is 9.55 Å². The Bertz CT molecular complexity index is 662. The molecule has 2 nitrogen and oxygen atoms in total. The number of imidazole rings is 1. The van der Waals surface area contributed by atoms with E-state index in [9.17, 15) is 17.6 Å². The van der Waals surface area contributed by atoms with Crippen molar-refractivity contribution >= 4 is 46.6 Å². The van der Waals surface area contributed by atoms with Gasteiger partial charge in [-0.05, 0) is 30.0 Å². The molecule has 1 heterocycles. The number of aryl methyl sites for hydroxylation is 1. The quantitative estimate of drug-likeness (QED) is 0.648. The average molecular weight is 331 g/mol. The fourth-order valence-electron chi connectivity index (χ4n) is 1.63. The van der Waals surface area contributed by atoms with E-state index in [1.165, 1.54) is 16.7 Å². The van der Waals surface area contributed by atoms with Crippen molar-refractivity contribution < 1.29 is 17.6 Å². The van der Waals surface area contributed by atoms with E-state index in [1.807, 2.05) is 0 Å². The van der Waals surface area contributed by atoms with Crippen LogP contribution in [0.25, 0.3) is 11.0 Å². The van der Waals surface area contributed by atoms with Crippen molar-refractivity contribution in [3.8, 4) is 0 Å². The van der Waals surface area contributed by atoms with Crippen LogP contribution in [0.5, 0.6) is 0 Å². The Morgan fingerprint density at radius 3 is 2.68 bits per heavy atom. The summed E-state index contributed by atoms with van der Waals surface area (Å²) in [6, 6.07) is 2.51. The van der Waals surface area contributed by atoms with Crippen molar-refractivity contribution in [3.05, 3.63) is 27.7 Å². The van der Waals surface area contributed by atoms with E-state index >= 15 is 0 Å². The van der Waals surface area contributed by atoms with Crippen LogP contribution in [0.15, 0.2) is 12.1 Å². The molecule has 0 aliphatic heterocycles. The lowest BCUT2D eigenvalue weighted by molar-refractivity contribution is -0.0328. The zero-order chi connectivity index (χ0) is 14.2. The Hall–Kier alpha value is -0.730. The third-order valence-corrected chi connectivity index (χ3v) is 3.72. The Morgan fingerprint density at radius 2 is 2.05 bits per heavy atom. The summed E-state index contributed by atoms with van der Waals surface area (Å²) < 4.78 is 51.1. The maximum atomic E-state index is 13.2. The second-order valence-electron chi connectivity index (χ2n) is 3.66. The minimum Gasteiger partial charge on any atom is -0.330 e. The number of H-pyrrole nitrogens is 1. The van der Waals surface area contributed by atoms with Gasteiger partial charge in [0.1, 0.15) is 5.82 Å². The molecule has 2 aromatic rings. The largest absolute Gasteiger partial charge is 0.441 e. The van der Waals surface area contributed by atoms with Gasteiger partial charge in [0, 0.05) is 18.4 Å². The van der Waals surface area contributed by atoms with Gasteiger partial charge in [-0.25, -0.2) is 4.39 Å². The van der Waals surface area contributed by atoms with Crippen LogP contribution in [0.1, 0.15) is 0 Å². The van der Waals surface area contributed by atoms with Crippen LogP contribution < -0.4 is 0 Å². The fraction of sp³-hybridized carbons (Fsp3) is 0.300. The summed E-state index contributed by atoms with van der Waals surface area (Å²) in [6.45, 7) is 0.0605. The normalized spacial score (nSPS) is 12.3. The Balaban J connectivity index is 2.30. The molecule has 0 aliphatic carbocycles. The van der Waals surface area contributed by atoms with Gasteiger partial charge in [0.15, 0.2) is 4.77 Å². The molecule has 0 saturated carbocycles. The lowest BCUT2D eigenvalue weighted by Crippen LogP contribution is -2.07. The Morgan fingerprint density at radius 1 is 1.37 bits per heavy atom. The van der Waals surface area contributed by atoms with E-state index in [1.54, 1.807) is 0 Å². The SMILES string of the molecule is Fc1cc2[nH]c(=S)n(CCSC(F)(F)F)c2cc1Cl. The monoisotopic (exact) mass is 330 g/mol. The number of nitrogens with zero attached hydrogens (tertiary/aromatic N) is 1. The van der Waals surface area contributed by atoms with E-state index in [2.05, 4.69) is 4.98 Å². The van der Waals surface area contributed by atoms with Gasteiger partial charge in [0.05, 0.1) is 16.1 Å². The highest BCUT2D eigenvalue weighted by Crippen LogP contribution is 2.30. The lowest BCUT2D eigenvalue weighted by Gasteiger charge is -2.07. The number of alkyl halides is 3. The molecule has 2 rings (SSSR count). The molecule has 0 atom stereocenters. The van der Waals surface area contributed by atoms with Gasteiger partial charge >= 0.3 is 5.51 Å². The topological polar surface area (TPSA) is 20.7 Å². The highest BCUT2D eigenvalue weighted by atomic mass is 35.5. The molecule has 1 aromatic heterocycles. The summed E-state index contributed by atoms with van der Waals surface area (Å²) >= 11 is 10.5. The molecule has 0 unspecified atom stereocenters. The molecule has 0 aliphatic rings. The van der Waals surface area contributed by atoms with Gasteiger partial charge in [-0.15, -0.1) is 0 Å². The number of thioether (sulfide) groups is 1. The van der Waals surface area contributed by atoms with E-state index in [4.69, 9.17) is 23.8 Å². The summed E-state index contributed by atoms with van der Waals surface area (Å²) in [4.78, 5) is 2.73. The molecule has 1 aromatic carbocycles. The summed E-state index contributed by atoms with van der Waals surface area (Å²) in [6.07, 6.45) is 0. The highest BCUT2D eigenvalue weighted by molar-refractivity contribution is 8.00. The molecule has 0 fully saturated rings. The number of halogens is 5. The zero-order valence-corrected chi connectivity index (χ0v) is 11.6. The summed E-state index contributed by atoms with van der Waals surface area (Å²) in [5, 5.41) is -0.0984. The van der Waals surface area contributed by atoms with Crippen molar-refractivity contribution in [2.24, 2.45) is 0 Å². The third kappa shape index (κ3) is 3.43. The van der Waals surface area contributed by atoms with Gasteiger partial charge in [-0.1, -0.05) is 11.6 Å². The number of aromatic nitrogens is 2. The molecule has 0 saturated heterocycles. The van der Waals surface area contributed by atoms with Gasteiger partial charge in [-0.2, -0.15) is 13.2 Å². The predicted octanol–water partition coefficient (Wildman–Crippen LogP) is 4.74. The van der Waals surface area contributed by atoms with Crippen LogP contribution in [0, 0.1) is 10.6 Å². The third-order valence-electron chi connectivity index (χ3n) is 2.40. The number of hydrogen-bond donors (Lipinski definition) is 1. The molecule has 9 heteroatoms. The first-order valence-electron chi connectivity index (χ1n) is 5.06. The number of rotatable bonds is 3. The molecule has 0 amide bonds. The van der Waals surface area contributed by atoms with E-state index in [-0.39, 0.29) is 33.9 Å². The minimum absolute atomic E-state index is 0.0605. The maximum absolute atomic E-state index is 13.2. The molecule has 0 spiro atoms. The van der Waals surface area contributed by atoms with Crippen LogP contribution in [0.2, 0.25) is 5.02 Å². The summed E-state index contributed by atoms with van der Waals surface area (Å²) in [7, 11) is 0. The molecule has 104 valence electrons. The summed E-state index contributed by atoms with van der Waals surface area (Å²) in [5.74, 6) is -0.790. The zero-order valence-electron chi connectivity index (χ0n) is 9.22. The van der Waals surface area contributed by atoms with E-state index < -0.39 is 11.3 Å². The maximum Gasteiger partial charge on any atom is 0.441 e. The summed E-state index contributed by atoms with van der Waals surface area (Å²) in [5.41, 5.74) is -3.39. The Labute approximate surface area is 119 Å². The first-order chi connectivity index (χ1) is 8.78. The molecular weight excluding hydrogens is 324 g/mol. The number of hydrogen-bond acceptors (Lipinski definition) is 2. The van der Waals surface area contributed by atoms with Gasteiger partial charge in [-0.3, -0.25) is 0 Å². The first-order valence-corrected chi connectivity index (χ1v) is 6.83. The number of aromatic amines is 1. The van der Waals surface area contributed by atoms with Gasteiger partial charge in [0.25, 0.3) is 0 Å². The first kappa shape index (κ1) is 14.7. The average Bonchev–Trinajstić information content (AvgIpc) is 2.55. The minimum atomic E-state index is -4.28. The van der Waals surface area contributed by atoms with Crippen molar-refractivity contribution in [2.75, 3.05) is 5.75 Å². The lowest BCUT2D eigenvalue weighted by atomic mass is 10.3. The van der Waals surface area contributed by atoms with Gasteiger partial charge in [0.2, 0.25) is 0 Å². The van der Waals surface area contributed by atoms with Crippen molar-refractivity contribution in [2.45, 2.75) is 12.1 Å². The Kier molecular flexibility index (Phi) is 4.12. The van der Waals surface area contributed by atoms with Crippen LogP contribution in [-0.4, -0.2) is 20.8 Å². The molecule has 0 radical (unpaired) electrons. The van der Waals surface area contributed by atoms with E-state index in [0.717, 1.165) is 0 Å². The highest BCUT2D eigenvalue weighted by Gasteiger charge is 2.27. The number of benzene rings is 1. The fourth-order valence-corrected chi connectivity index (χ4v) is 2.59. The second kappa shape index (κ2) is 5.34. The van der Waals surface area contributed by atoms with Crippen LogP contribution in [0.3, 0.4) is 0 Å². The molecular formula is C10H7ClF4N2S2. The second-order valence-corrected chi connectivity index (χ2v) is 5.61. The van der Waals surface area contributed by atoms with Crippen molar-refractivity contribution in [3.63, 3.8) is 0 Å².